The summed E-state index contributed by atoms with van der Waals surface area (Å²) in [6, 6.07) is 14.1. The number of hydrogen-bond acceptors (Lipinski definition) is 4. The van der Waals surface area contributed by atoms with Crippen LogP contribution in [0, 0.1) is 6.92 Å². The molecular weight excluding hydrogens is 282 g/mol. The van der Waals surface area contributed by atoms with Crippen LogP contribution in [-0.2, 0) is 13.0 Å². The Balaban J connectivity index is 1.79. The van der Waals surface area contributed by atoms with E-state index >= 15 is 0 Å². The molecule has 3 aromatic rings. The number of rotatable bonds is 5. The highest BCUT2D eigenvalue weighted by Gasteiger charge is 2.08. The largest absolute Gasteiger partial charge is 0.489 e. The third-order valence-corrected chi connectivity index (χ3v) is 3.58. The van der Waals surface area contributed by atoms with Crippen molar-refractivity contribution >= 4 is 23.6 Å². The minimum Gasteiger partial charge on any atom is -0.489 e. The molecule has 4 heteroatoms. The Morgan fingerprint density at radius 1 is 1.19 bits per heavy atom. The van der Waals surface area contributed by atoms with Gasteiger partial charge in [-0.15, -0.1) is 0 Å². The van der Waals surface area contributed by atoms with Crippen LogP contribution in [0.2, 0.25) is 0 Å². The fourth-order valence-corrected chi connectivity index (χ4v) is 2.52. The van der Waals surface area contributed by atoms with Gasteiger partial charge in [-0.1, -0.05) is 35.0 Å². The first-order chi connectivity index (χ1) is 10.3. The molecule has 0 unspecified atom stereocenters. The number of fused-ring (bicyclic) bond motifs is 1. The van der Waals surface area contributed by atoms with Gasteiger partial charge in [0.1, 0.15) is 12.4 Å². The standard InChI is InChI=1S/C17H17NO2S/c1-12-3-2-4-13(9-12)11-19-14-5-6-17-15(10-14)16(7-8-21)18-20-17/h2-6,9-10,21H,7-8,11H2,1H3. The van der Waals surface area contributed by atoms with E-state index in [0.717, 1.165) is 40.1 Å². The zero-order chi connectivity index (χ0) is 14.7. The summed E-state index contributed by atoms with van der Waals surface area (Å²) < 4.78 is 11.2. The van der Waals surface area contributed by atoms with Gasteiger partial charge in [-0.25, -0.2) is 0 Å². The lowest BCUT2D eigenvalue weighted by molar-refractivity contribution is 0.306. The summed E-state index contributed by atoms with van der Waals surface area (Å²) in [6.45, 7) is 2.64. The number of aromatic nitrogens is 1. The average Bonchev–Trinajstić information content (AvgIpc) is 2.88. The second-order valence-corrected chi connectivity index (χ2v) is 5.49. The van der Waals surface area contributed by atoms with Gasteiger partial charge in [-0.2, -0.15) is 12.6 Å². The second kappa shape index (κ2) is 6.22. The van der Waals surface area contributed by atoms with E-state index in [1.165, 1.54) is 5.56 Å². The molecule has 0 N–H and O–H groups in total. The van der Waals surface area contributed by atoms with Gasteiger partial charge in [0.15, 0.2) is 5.58 Å². The molecule has 0 saturated heterocycles. The van der Waals surface area contributed by atoms with Crippen molar-refractivity contribution in [2.45, 2.75) is 20.0 Å². The minimum atomic E-state index is 0.556. The molecule has 0 saturated carbocycles. The molecule has 2 aromatic carbocycles. The van der Waals surface area contributed by atoms with E-state index in [9.17, 15) is 0 Å². The molecule has 1 aromatic heterocycles. The summed E-state index contributed by atoms with van der Waals surface area (Å²) in [4.78, 5) is 0. The highest BCUT2D eigenvalue weighted by molar-refractivity contribution is 7.80. The number of thiol groups is 1. The SMILES string of the molecule is Cc1cccc(COc2ccc3onc(CCS)c3c2)c1. The van der Waals surface area contributed by atoms with Crippen LogP contribution in [0.4, 0.5) is 0 Å². The van der Waals surface area contributed by atoms with Gasteiger partial charge >= 0.3 is 0 Å². The topological polar surface area (TPSA) is 35.3 Å². The summed E-state index contributed by atoms with van der Waals surface area (Å²) in [5.41, 5.74) is 4.12. The predicted molar refractivity (Wildman–Crippen MR) is 87.1 cm³/mol. The maximum atomic E-state index is 5.87. The van der Waals surface area contributed by atoms with Crippen molar-refractivity contribution in [3.63, 3.8) is 0 Å². The van der Waals surface area contributed by atoms with Gasteiger partial charge in [0.25, 0.3) is 0 Å². The summed E-state index contributed by atoms with van der Waals surface area (Å²) in [5, 5.41) is 5.08. The predicted octanol–water partition coefficient (Wildman–Crippen LogP) is 4.19. The Labute approximate surface area is 129 Å². The Morgan fingerprint density at radius 2 is 2.10 bits per heavy atom. The monoisotopic (exact) mass is 299 g/mol. The maximum Gasteiger partial charge on any atom is 0.167 e. The number of ether oxygens (including phenoxy) is 1. The molecule has 0 aliphatic rings. The molecular formula is C17H17NO2S. The number of benzene rings is 2. The first kappa shape index (κ1) is 14.0. The number of nitrogens with zero attached hydrogens (tertiary/aromatic N) is 1. The van der Waals surface area contributed by atoms with Crippen molar-refractivity contribution in [3.8, 4) is 5.75 Å². The van der Waals surface area contributed by atoms with Gasteiger partial charge in [-0.3, -0.25) is 0 Å². The Bertz CT molecular complexity index is 751. The van der Waals surface area contributed by atoms with E-state index < -0.39 is 0 Å². The molecule has 108 valence electrons. The fraction of sp³-hybridized carbons (Fsp3) is 0.235. The van der Waals surface area contributed by atoms with Crippen LogP contribution in [0.15, 0.2) is 47.0 Å². The van der Waals surface area contributed by atoms with Gasteiger partial charge < -0.3 is 9.26 Å². The number of aryl methyl sites for hydroxylation is 2. The highest BCUT2D eigenvalue weighted by atomic mass is 32.1. The summed E-state index contributed by atoms with van der Waals surface area (Å²) in [6.07, 6.45) is 0.789. The van der Waals surface area contributed by atoms with E-state index in [4.69, 9.17) is 9.26 Å². The van der Waals surface area contributed by atoms with Crippen LogP contribution in [0.3, 0.4) is 0 Å². The van der Waals surface area contributed by atoms with Crippen molar-refractivity contribution < 1.29 is 9.26 Å². The molecule has 0 radical (unpaired) electrons. The quantitative estimate of drug-likeness (QED) is 0.718. The van der Waals surface area contributed by atoms with Gasteiger partial charge in [-0.05, 0) is 36.4 Å². The van der Waals surface area contributed by atoms with Crippen molar-refractivity contribution in [1.29, 1.82) is 0 Å². The lowest BCUT2D eigenvalue weighted by atomic mass is 10.1. The van der Waals surface area contributed by atoms with Gasteiger partial charge in [0, 0.05) is 11.8 Å². The molecule has 0 amide bonds. The zero-order valence-corrected chi connectivity index (χ0v) is 12.8. The molecule has 0 bridgehead atoms. The van der Waals surface area contributed by atoms with Crippen LogP contribution in [0.1, 0.15) is 16.8 Å². The van der Waals surface area contributed by atoms with Crippen molar-refractivity contribution in [3.05, 3.63) is 59.3 Å². The third-order valence-electron chi connectivity index (χ3n) is 3.35. The molecule has 0 atom stereocenters. The maximum absolute atomic E-state index is 5.87. The normalized spacial score (nSPS) is 11.0. The molecule has 0 aliphatic heterocycles. The summed E-state index contributed by atoms with van der Waals surface area (Å²) in [7, 11) is 0. The number of hydrogen-bond donors (Lipinski definition) is 1. The minimum absolute atomic E-state index is 0.556. The molecule has 0 spiro atoms. The van der Waals surface area contributed by atoms with Crippen LogP contribution in [-0.4, -0.2) is 10.9 Å². The van der Waals surface area contributed by atoms with Crippen molar-refractivity contribution in [2.24, 2.45) is 0 Å². The Kier molecular flexibility index (Phi) is 4.15. The van der Waals surface area contributed by atoms with Crippen LogP contribution >= 0.6 is 12.6 Å². The second-order valence-electron chi connectivity index (χ2n) is 5.04. The van der Waals surface area contributed by atoms with Crippen LogP contribution in [0.25, 0.3) is 11.0 Å². The smallest absolute Gasteiger partial charge is 0.167 e. The van der Waals surface area contributed by atoms with E-state index in [-0.39, 0.29) is 0 Å². The first-order valence-electron chi connectivity index (χ1n) is 6.94. The first-order valence-corrected chi connectivity index (χ1v) is 7.57. The Hall–Kier alpha value is -1.94. The average molecular weight is 299 g/mol. The summed E-state index contributed by atoms with van der Waals surface area (Å²) >= 11 is 4.24. The van der Waals surface area contributed by atoms with E-state index in [1.54, 1.807) is 0 Å². The fourth-order valence-electron chi connectivity index (χ4n) is 2.31. The van der Waals surface area contributed by atoms with Gasteiger partial charge in [0.05, 0.1) is 5.69 Å². The van der Waals surface area contributed by atoms with E-state index in [0.29, 0.717) is 6.61 Å². The molecule has 21 heavy (non-hydrogen) atoms. The molecule has 0 aliphatic carbocycles. The highest BCUT2D eigenvalue weighted by Crippen LogP contribution is 2.25. The molecule has 1 heterocycles. The molecule has 3 rings (SSSR count). The van der Waals surface area contributed by atoms with E-state index in [2.05, 4.69) is 42.9 Å². The molecule has 3 nitrogen and oxygen atoms in total. The van der Waals surface area contributed by atoms with Crippen molar-refractivity contribution in [1.82, 2.24) is 5.16 Å². The zero-order valence-electron chi connectivity index (χ0n) is 11.9. The van der Waals surface area contributed by atoms with Crippen molar-refractivity contribution in [2.75, 3.05) is 5.75 Å². The lowest BCUT2D eigenvalue weighted by Gasteiger charge is -2.07. The Morgan fingerprint density at radius 3 is 2.90 bits per heavy atom. The van der Waals surface area contributed by atoms with Crippen LogP contribution in [0.5, 0.6) is 5.75 Å². The van der Waals surface area contributed by atoms with E-state index in [1.807, 2.05) is 24.3 Å². The van der Waals surface area contributed by atoms with Gasteiger partial charge in [0.2, 0.25) is 0 Å². The molecule has 0 fully saturated rings. The summed E-state index contributed by atoms with van der Waals surface area (Å²) in [5.74, 6) is 1.57. The van der Waals surface area contributed by atoms with Crippen LogP contribution < -0.4 is 4.74 Å². The lowest BCUT2D eigenvalue weighted by Crippen LogP contribution is -1.95. The third kappa shape index (κ3) is 3.22.